The number of ether oxygens (including phenoxy) is 2. The molecule has 23 heavy (non-hydrogen) atoms. The fourth-order valence-corrected chi connectivity index (χ4v) is 3.04. The van der Waals surface area contributed by atoms with Gasteiger partial charge >= 0.3 is 12.1 Å². The molecule has 0 saturated heterocycles. The normalized spacial score (nSPS) is 24.1. The number of amides is 1. The van der Waals surface area contributed by atoms with Crippen molar-refractivity contribution >= 4 is 12.1 Å². The Hall–Kier alpha value is -1.30. The lowest BCUT2D eigenvalue weighted by atomic mass is 9.84. The van der Waals surface area contributed by atoms with Crippen LogP contribution in [0.15, 0.2) is 0 Å². The predicted octanol–water partition coefficient (Wildman–Crippen LogP) is 2.58. The number of nitrogens with zero attached hydrogens (tertiary/aromatic N) is 1. The van der Waals surface area contributed by atoms with E-state index in [1.807, 2.05) is 34.6 Å². The summed E-state index contributed by atoms with van der Waals surface area (Å²) in [5, 5.41) is 9.56. The summed E-state index contributed by atoms with van der Waals surface area (Å²) in [5.41, 5.74) is -1.31. The number of esters is 1. The summed E-state index contributed by atoms with van der Waals surface area (Å²) in [6.07, 6.45) is 0.966. The van der Waals surface area contributed by atoms with E-state index in [4.69, 9.17) is 9.47 Å². The molecule has 0 aromatic rings. The fourth-order valence-electron chi connectivity index (χ4n) is 3.04. The molecule has 0 aliphatic heterocycles. The van der Waals surface area contributed by atoms with Crippen LogP contribution in [-0.4, -0.2) is 53.5 Å². The van der Waals surface area contributed by atoms with Crippen LogP contribution in [0.1, 0.15) is 54.4 Å². The van der Waals surface area contributed by atoms with Crippen LogP contribution in [-0.2, 0) is 14.3 Å². The molecule has 0 radical (unpaired) electrons. The highest BCUT2D eigenvalue weighted by Gasteiger charge is 2.60. The van der Waals surface area contributed by atoms with Crippen LogP contribution >= 0.6 is 0 Å². The van der Waals surface area contributed by atoms with Gasteiger partial charge in [0.15, 0.2) is 0 Å². The first-order valence-corrected chi connectivity index (χ1v) is 8.04. The number of hydrogen-bond donors (Lipinski definition) is 1. The minimum atomic E-state index is -0.566. The second-order valence-electron chi connectivity index (χ2n) is 8.35. The molecule has 1 N–H and O–H groups in total. The first kappa shape index (κ1) is 19.7. The standard InChI is InChI=1S/C17H31NO5/c1-12(20)22-11-16(5,6)10-17(8-13(17)9-19)18(7)14(21)23-15(2,3)4/h13,19H,8-11H2,1-7H3/t13?,17-/m1/s1. The van der Waals surface area contributed by atoms with Gasteiger partial charge < -0.3 is 19.5 Å². The molecular formula is C17H31NO5. The summed E-state index contributed by atoms with van der Waals surface area (Å²) in [6, 6.07) is 0. The zero-order chi connectivity index (χ0) is 18.1. The van der Waals surface area contributed by atoms with E-state index in [0.717, 1.165) is 6.42 Å². The zero-order valence-corrected chi connectivity index (χ0v) is 15.4. The van der Waals surface area contributed by atoms with Crippen molar-refractivity contribution in [3.8, 4) is 0 Å². The zero-order valence-electron chi connectivity index (χ0n) is 15.4. The second-order valence-corrected chi connectivity index (χ2v) is 8.35. The van der Waals surface area contributed by atoms with E-state index in [9.17, 15) is 14.7 Å². The van der Waals surface area contributed by atoms with Crippen LogP contribution in [0.5, 0.6) is 0 Å². The van der Waals surface area contributed by atoms with Gasteiger partial charge in [0.2, 0.25) is 0 Å². The maximum absolute atomic E-state index is 12.4. The Morgan fingerprint density at radius 1 is 1.26 bits per heavy atom. The van der Waals surface area contributed by atoms with Gasteiger partial charge in [-0.3, -0.25) is 4.79 Å². The lowest BCUT2D eigenvalue weighted by Crippen LogP contribution is -2.46. The summed E-state index contributed by atoms with van der Waals surface area (Å²) in [6.45, 7) is 11.2. The highest BCUT2D eigenvalue weighted by atomic mass is 16.6. The van der Waals surface area contributed by atoms with Crippen LogP contribution < -0.4 is 0 Å². The Bertz CT molecular complexity index is 454. The van der Waals surface area contributed by atoms with Gasteiger partial charge in [-0.15, -0.1) is 0 Å². The molecule has 1 aliphatic carbocycles. The minimum Gasteiger partial charge on any atom is -0.465 e. The average molecular weight is 329 g/mol. The topological polar surface area (TPSA) is 76.1 Å². The monoisotopic (exact) mass is 329 g/mol. The Morgan fingerprint density at radius 2 is 1.83 bits per heavy atom. The van der Waals surface area contributed by atoms with Gasteiger partial charge in [-0.25, -0.2) is 4.79 Å². The van der Waals surface area contributed by atoms with Crippen molar-refractivity contribution in [3.63, 3.8) is 0 Å². The molecule has 1 rings (SSSR count). The van der Waals surface area contributed by atoms with E-state index in [1.54, 1.807) is 11.9 Å². The third-order valence-electron chi connectivity index (χ3n) is 4.21. The van der Waals surface area contributed by atoms with E-state index in [0.29, 0.717) is 6.42 Å². The smallest absolute Gasteiger partial charge is 0.410 e. The maximum Gasteiger partial charge on any atom is 0.410 e. The van der Waals surface area contributed by atoms with E-state index in [-0.39, 0.29) is 30.5 Å². The Kier molecular flexibility index (Phi) is 5.73. The second kappa shape index (κ2) is 6.67. The molecule has 1 saturated carbocycles. The highest BCUT2D eigenvalue weighted by Crippen LogP contribution is 2.54. The number of aliphatic hydroxyl groups excluding tert-OH is 1. The molecule has 0 bridgehead atoms. The van der Waals surface area contributed by atoms with Crippen molar-refractivity contribution in [2.45, 2.75) is 65.5 Å². The lowest BCUT2D eigenvalue weighted by molar-refractivity contribution is -0.144. The number of carbonyl (C=O) groups is 2. The number of rotatable bonds is 6. The molecule has 2 atom stereocenters. The predicted molar refractivity (Wildman–Crippen MR) is 87.0 cm³/mol. The summed E-state index contributed by atoms with van der Waals surface area (Å²) < 4.78 is 10.6. The van der Waals surface area contributed by atoms with Gasteiger partial charge in [-0.2, -0.15) is 0 Å². The number of aliphatic hydroxyl groups is 1. The third-order valence-corrected chi connectivity index (χ3v) is 4.21. The van der Waals surface area contributed by atoms with Gasteiger partial charge in [0, 0.05) is 31.9 Å². The van der Waals surface area contributed by atoms with Crippen molar-refractivity contribution < 1.29 is 24.2 Å². The average Bonchev–Trinajstić information content (AvgIpc) is 3.07. The summed E-state index contributed by atoms with van der Waals surface area (Å²) in [4.78, 5) is 25.0. The summed E-state index contributed by atoms with van der Waals surface area (Å²) >= 11 is 0. The molecule has 0 heterocycles. The van der Waals surface area contributed by atoms with Crippen LogP contribution in [0.3, 0.4) is 0 Å². The van der Waals surface area contributed by atoms with E-state index < -0.39 is 17.2 Å². The molecule has 0 aromatic carbocycles. The maximum atomic E-state index is 12.4. The molecule has 1 amide bonds. The van der Waals surface area contributed by atoms with E-state index in [2.05, 4.69) is 0 Å². The summed E-state index contributed by atoms with van der Waals surface area (Å²) in [7, 11) is 1.71. The number of carbonyl (C=O) groups excluding carboxylic acids is 2. The minimum absolute atomic E-state index is 0.0246. The highest BCUT2D eigenvalue weighted by molar-refractivity contribution is 5.69. The Morgan fingerprint density at radius 3 is 2.22 bits per heavy atom. The molecule has 1 fully saturated rings. The van der Waals surface area contributed by atoms with Gasteiger partial charge in [-0.1, -0.05) is 13.8 Å². The van der Waals surface area contributed by atoms with Crippen molar-refractivity contribution in [3.05, 3.63) is 0 Å². The van der Waals surface area contributed by atoms with Crippen molar-refractivity contribution in [1.82, 2.24) is 4.90 Å². The SMILES string of the molecule is CC(=O)OCC(C)(C)C[C@]1(N(C)C(=O)OC(C)(C)C)CC1CO. The third kappa shape index (κ3) is 5.37. The van der Waals surface area contributed by atoms with Crippen molar-refractivity contribution in [1.29, 1.82) is 0 Å². The first-order chi connectivity index (χ1) is 10.3. The summed E-state index contributed by atoms with van der Waals surface area (Å²) in [5.74, 6) is -0.293. The Labute approximate surface area is 139 Å². The molecule has 0 aromatic heterocycles. The first-order valence-electron chi connectivity index (χ1n) is 8.04. The van der Waals surface area contributed by atoms with Crippen LogP contribution in [0, 0.1) is 11.3 Å². The largest absolute Gasteiger partial charge is 0.465 e. The van der Waals surface area contributed by atoms with Crippen LogP contribution in [0.4, 0.5) is 4.79 Å². The van der Waals surface area contributed by atoms with Crippen molar-refractivity contribution in [2.75, 3.05) is 20.3 Å². The van der Waals surface area contributed by atoms with Crippen molar-refractivity contribution in [2.24, 2.45) is 11.3 Å². The fraction of sp³-hybridized carbons (Fsp3) is 0.882. The van der Waals surface area contributed by atoms with Crippen LogP contribution in [0.2, 0.25) is 0 Å². The van der Waals surface area contributed by atoms with Gasteiger partial charge in [-0.05, 0) is 33.6 Å². The molecule has 6 heteroatoms. The molecule has 1 aliphatic rings. The van der Waals surface area contributed by atoms with E-state index in [1.165, 1.54) is 6.92 Å². The molecule has 1 unspecified atom stereocenters. The van der Waals surface area contributed by atoms with E-state index >= 15 is 0 Å². The molecule has 0 spiro atoms. The number of hydrogen-bond acceptors (Lipinski definition) is 5. The van der Waals surface area contributed by atoms with Crippen LogP contribution in [0.25, 0.3) is 0 Å². The lowest BCUT2D eigenvalue weighted by Gasteiger charge is -2.37. The molecule has 134 valence electrons. The van der Waals surface area contributed by atoms with Gasteiger partial charge in [0.1, 0.15) is 5.60 Å². The molecular weight excluding hydrogens is 298 g/mol. The van der Waals surface area contributed by atoms with Gasteiger partial charge in [0.25, 0.3) is 0 Å². The molecule has 6 nitrogen and oxygen atoms in total. The Balaban J connectivity index is 2.83. The quantitative estimate of drug-likeness (QED) is 0.758. The van der Waals surface area contributed by atoms with Gasteiger partial charge in [0.05, 0.1) is 12.1 Å².